The van der Waals surface area contributed by atoms with Gasteiger partial charge in [-0.05, 0) is 32.3 Å². The summed E-state index contributed by atoms with van der Waals surface area (Å²) in [5.74, 6) is 0.696. The number of rotatable bonds is 3. The number of fused-ring (bicyclic) bond motifs is 1. The van der Waals surface area contributed by atoms with Gasteiger partial charge in [0.2, 0.25) is 0 Å². The topological polar surface area (TPSA) is 50.7 Å². The van der Waals surface area contributed by atoms with E-state index in [1.807, 2.05) is 45.3 Å². The number of nitrogens with zero attached hydrogens (tertiary/aromatic N) is 3. The van der Waals surface area contributed by atoms with Crippen molar-refractivity contribution in [3.05, 3.63) is 53.5 Å². The van der Waals surface area contributed by atoms with Gasteiger partial charge in [-0.1, -0.05) is 24.3 Å². The smallest absolute Gasteiger partial charge is 0.179 e. The largest absolute Gasteiger partial charge is 0.316 e. The number of benzene rings is 1. The lowest BCUT2D eigenvalue weighted by Crippen LogP contribution is -2.11. The maximum atomic E-state index is 4.66. The molecule has 4 heteroatoms. The quantitative estimate of drug-likeness (QED) is 0.800. The van der Waals surface area contributed by atoms with Crippen molar-refractivity contribution in [2.24, 2.45) is 0 Å². The predicted octanol–water partition coefficient (Wildman–Crippen LogP) is 3.03. The van der Waals surface area contributed by atoms with Crippen LogP contribution in [0.2, 0.25) is 0 Å². The molecule has 4 nitrogen and oxygen atoms in total. The monoisotopic (exact) mass is 278 g/mol. The molecule has 2 heterocycles. The minimum absolute atomic E-state index is 0.696. The third-order valence-electron chi connectivity index (χ3n) is 3.66. The molecule has 21 heavy (non-hydrogen) atoms. The Bertz CT molecular complexity index is 767. The average molecular weight is 278 g/mol. The van der Waals surface area contributed by atoms with E-state index in [0.717, 1.165) is 40.0 Å². The Balaban J connectivity index is 2.20. The van der Waals surface area contributed by atoms with E-state index in [0.29, 0.717) is 5.82 Å². The Kier molecular flexibility index (Phi) is 3.62. The highest BCUT2D eigenvalue weighted by Crippen LogP contribution is 2.25. The highest BCUT2D eigenvalue weighted by atomic mass is 14.9. The zero-order chi connectivity index (χ0) is 14.8. The van der Waals surface area contributed by atoms with Crippen LogP contribution < -0.4 is 5.32 Å². The molecule has 2 aromatic heterocycles. The van der Waals surface area contributed by atoms with E-state index in [9.17, 15) is 0 Å². The molecule has 0 bridgehead atoms. The molecule has 0 amide bonds. The van der Waals surface area contributed by atoms with Crippen molar-refractivity contribution < 1.29 is 0 Å². The Hall–Kier alpha value is -2.33. The van der Waals surface area contributed by atoms with Crippen LogP contribution in [0, 0.1) is 13.8 Å². The molecule has 0 saturated heterocycles. The lowest BCUT2D eigenvalue weighted by atomic mass is 10.1. The van der Waals surface area contributed by atoms with Crippen molar-refractivity contribution in [1.82, 2.24) is 20.3 Å². The number of pyridine rings is 1. The molecule has 0 aliphatic carbocycles. The van der Waals surface area contributed by atoms with E-state index in [-0.39, 0.29) is 0 Å². The summed E-state index contributed by atoms with van der Waals surface area (Å²) in [5, 5.41) is 5.40. The second-order valence-corrected chi connectivity index (χ2v) is 5.11. The van der Waals surface area contributed by atoms with Gasteiger partial charge in [0, 0.05) is 35.1 Å². The third-order valence-corrected chi connectivity index (χ3v) is 3.66. The van der Waals surface area contributed by atoms with Crippen LogP contribution in [0.1, 0.15) is 17.0 Å². The molecule has 106 valence electrons. The van der Waals surface area contributed by atoms with Crippen molar-refractivity contribution in [1.29, 1.82) is 0 Å². The van der Waals surface area contributed by atoms with Gasteiger partial charge in [-0.3, -0.25) is 4.98 Å². The fourth-order valence-electron chi connectivity index (χ4n) is 2.58. The van der Waals surface area contributed by atoms with Crippen LogP contribution >= 0.6 is 0 Å². The summed E-state index contributed by atoms with van der Waals surface area (Å²) >= 11 is 0. The molecule has 3 aromatic rings. The molecule has 0 saturated carbocycles. The van der Waals surface area contributed by atoms with Gasteiger partial charge in [0.15, 0.2) is 5.82 Å². The van der Waals surface area contributed by atoms with Gasteiger partial charge >= 0.3 is 0 Å². The summed E-state index contributed by atoms with van der Waals surface area (Å²) in [4.78, 5) is 13.8. The first-order chi connectivity index (χ1) is 10.2. The van der Waals surface area contributed by atoms with Gasteiger partial charge in [0.05, 0.1) is 0 Å². The molecule has 0 aliphatic rings. The normalized spacial score (nSPS) is 11.0. The van der Waals surface area contributed by atoms with Gasteiger partial charge in [-0.25, -0.2) is 9.97 Å². The molecule has 1 N–H and O–H groups in total. The van der Waals surface area contributed by atoms with Gasteiger partial charge in [-0.2, -0.15) is 0 Å². The van der Waals surface area contributed by atoms with E-state index in [4.69, 9.17) is 0 Å². The highest BCUT2D eigenvalue weighted by molar-refractivity contribution is 5.92. The number of hydrogen-bond donors (Lipinski definition) is 1. The molecule has 0 aliphatic heterocycles. The van der Waals surface area contributed by atoms with Gasteiger partial charge < -0.3 is 5.32 Å². The second kappa shape index (κ2) is 5.58. The molecule has 0 fully saturated rings. The van der Waals surface area contributed by atoms with Crippen molar-refractivity contribution in [3.8, 4) is 11.5 Å². The summed E-state index contributed by atoms with van der Waals surface area (Å²) in [7, 11) is 1.93. The fourth-order valence-corrected chi connectivity index (χ4v) is 2.58. The average Bonchev–Trinajstić information content (AvgIpc) is 2.50. The van der Waals surface area contributed by atoms with E-state index in [1.54, 1.807) is 0 Å². The summed E-state index contributed by atoms with van der Waals surface area (Å²) in [5.41, 5.74) is 4.00. The van der Waals surface area contributed by atoms with Crippen molar-refractivity contribution in [3.63, 3.8) is 0 Å². The SMILES string of the molecule is CNCc1c(C)nc(-c2nccc3ccccc23)nc1C. The number of aromatic nitrogens is 3. The molecule has 0 atom stereocenters. The summed E-state index contributed by atoms with van der Waals surface area (Å²) < 4.78 is 0. The van der Waals surface area contributed by atoms with Crippen molar-refractivity contribution >= 4 is 10.8 Å². The van der Waals surface area contributed by atoms with Crippen molar-refractivity contribution in [2.45, 2.75) is 20.4 Å². The van der Waals surface area contributed by atoms with Gasteiger partial charge in [0.25, 0.3) is 0 Å². The highest BCUT2D eigenvalue weighted by Gasteiger charge is 2.12. The Morgan fingerprint density at radius 1 is 1.00 bits per heavy atom. The first-order valence-electron chi connectivity index (χ1n) is 7.03. The van der Waals surface area contributed by atoms with Crippen LogP contribution in [0.15, 0.2) is 36.5 Å². The number of hydrogen-bond acceptors (Lipinski definition) is 4. The zero-order valence-electron chi connectivity index (χ0n) is 12.5. The summed E-state index contributed by atoms with van der Waals surface area (Å²) in [6.07, 6.45) is 1.81. The third kappa shape index (κ3) is 2.50. The number of nitrogens with one attached hydrogen (secondary N) is 1. The molecule has 0 radical (unpaired) electrons. The van der Waals surface area contributed by atoms with E-state index in [2.05, 4.69) is 32.4 Å². The van der Waals surface area contributed by atoms with Crippen LogP contribution in [0.25, 0.3) is 22.3 Å². The lowest BCUT2D eigenvalue weighted by molar-refractivity contribution is 0.787. The second-order valence-electron chi connectivity index (χ2n) is 5.11. The zero-order valence-corrected chi connectivity index (χ0v) is 12.5. The minimum Gasteiger partial charge on any atom is -0.316 e. The van der Waals surface area contributed by atoms with E-state index >= 15 is 0 Å². The lowest BCUT2D eigenvalue weighted by Gasteiger charge is -2.11. The van der Waals surface area contributed by atoms with Gasteiger partial charge in [0.1, 0.15) is 5.69 Å². The van der Waals surface area contributed by atoms with Crippen LogP contribution in [0.4, 0.5) is 0 Å². The Morgan fingerprint density at radius 2 is 1.71 bits per heavy atom. The summed E-state index contributed by atoms with van der Waals surface area (Å²) in [6.45, 7) is 4.83. The van der Waals surface area contributed by atoms with Crippen molar-refractivity contribution in [2.75, 3.05) is 7.05 Å². The number of aryl methyl sites for hydroxylation is 2. The van der Waals surface area contributed by atoms with Crippen LogP contribution in [0.5, 0.6) is 0 Å². The molecule has 0 unspecified atom stereocenters. The summed E-state index contributed by atoms with van der Waals surface area (Å²) in [6, 6.07) is 10.2. The van der Waals surface area contributed by atoms with E-state index < -0.39 is 0 Å². The van der Waals surface area contributed by atoms with E-state index in [1.165, 1.54) is 0 Å². The molecular formula is C17H18N4. The molecule has 0 spiro atoms. The standard InChI is InChI=1S/C17H18N4/c1-11-15(10-18-3)12(2)21-17(20-11)16-14-7-5-4-6-13(14)8-9-19-16/h4-9,18H,10H2,1-3H3. The first-order valence-corrected chi connectivity index (χ1v) is 7.03. The Labute approximate surface area is 124 Å². The van der Waals surface area contributed by atoms with Gasteiger partial charge in [-0.15, -0.1) is 0 Å². The van der Waals surface area contributed by atoms with Crippen LogP contribution in [-0.2, 0) is 6.54 Å². The maximum absolute atomic E-state index is 4.66. The maximum Gasteiger partial charge on any atom is 0.179 e. The van der Waals surface area contributed by atoms with Crippen LogP contribution in [-0.4, -0.2) is 22.0 Å². The molecule has 1 aromatic carbocycles. The Morgan fingerprint density at radius 3 is 2.43 bits per heavy atom. The fraction of sp³-hybridized carbons (Fsp3) is 0.235. The molecular weight excluding hydrogens is 260 g/mol. The minimum atomic E-state index is 0.696. The van der Waals surface area contributed by atoms with Crippen LogP contribution in [0.3, 0.4) is 0 Å². The first kappa shape index (κ1) is 13.6. The molecule has 3 rings (SSSR count). The predicted molar refractivity (Wildman–Crippen MR) is 85.0 cm³/mol.